The van der Waals surface area contributed by atoms with Crippen LogP contribution < -0.4 is 0 Å². The minimum absolute atomic E-state index is 0.116. The van der Waals surface area contributed by atoms with Crippen LogP contribution in [0.25, 0.3) is 22.4 Å². The fourth-order valence-electron chi connectivity index (χ4n) is 1.96. The van der Waals surface area contributed by atoms with Crippen LogP contribution in [0.15, 0.2) is 18.2 Å². The number of aromatic nitrogens is 4. The van der Waals surface area contributed by atoms with Gasteiger partial charge in [-0.25, -0.2) is 13.8 Å². The second-order valence-electron chi connectivity index (χ2n) is 4.35. The van der Waals surface area contributed by atoms with Crippen molar-refractivity contribution in [3.63, 3.8) is 0 Å². The maximum atomic E-state index is 13.6. The minimum Gasteiger partial charge on any atom is -0.338 e. The number of fused-ring (bicyclic) bond motifs is 1. The van der Waals surface area contributed by atoms with Crippen LogP contribution in [0.3, 0.4) is 0 Å². The van der Waals surface area contributed by atoms with Crippen LogP contribution in [0.1, 0.15) is 11.4 Å². The highest BCUT2D eigenvalue weighted by Crippen LogP contribution is 2.24. The lowest BCUT2D eigenvalue weighted by molar-refractivity contribution is 0.591. The van der Waals surface area contributed by atoms with Gasteiger partial charge in [-0.3, -0.25) is 0 Å². The van der Waals surface area contributed by atoms with Gasteiger partial charge < -0.3 is 4.98 Å². The number of benzene rings is 1. The number of nitrogens with one attached hydrogen (secondary N) is 1. The van der Waals surface area contributed by atoms with E-state index in [0.717, 1.165) is 17.3 Å². The highest BCUT2D eigenvalue weighted by Gasteiger charge is 2.13. The van der Waals surface area contributed by atoms with Gasteiger partial charge in [0.2, 0.25) is 0 Å². The van der Waals surface area contributed by atoms with Crippen molar-refractivity contribution in [1.82, 2.24) is 20.2 Å². The quantitative estimate of drug-likeness (QED) is 0.732. The lowest BCUT2D eigenvalue weighted by Gasteiger charge is -2.01. The molecule has 4 nitrogen and oxygen atoms in total. The van der Waals surface area contributed by atoms with Gasteiger partial charge in [-0.2, -0.15) is 10.2 Å². The van der Waals surface area contributed by atoms with Gasteiger partial charge >= 0.3 is 0 Å². The Morgan fingerprint density at radius 1 is 1.05 bits per heavy atom. The highest BCUT2D eigenvalue weighted by molar-refractivity contribution is 5.80. The van der Waals surface area contributed by atoms with Crippen molar-refractivity contribution >= 4 is 11.0 Å². The van der Waals surface area contributed by atoms with Gasteiger partial charge in [-0.05, 0) is 26.0 Å². The zero-order valence-corrected chi connectivity index (χ0v) is 10.3. The summed E-state index contributed by atoms with van der Waals surface area (Å²) in [5, 5.41) is 7.91. The van der Waals surface area contributed by atoms with Gasteiger partial charge in [0.25, 0.3) is 0 Å². The van der Waals surface area contributed by atoms with Gasteiger partial charge in [0, 0.05) is 11.6 Å². The molecule has 1 N–H and O–H groups in total. The van der Waals surface area contributed by atoms with Crippen LogP contribution in [-0.4, -0.2) is 20.2 Å². The average molecular weight is 260 g/mol. The molecule has 19 heavy (non-hydrogen) atoms. The second kappa shape index (κ2) is 4.08. The molecule has 0 atom stereocenters. The van der Waals surface area contributed by atoms with Crippen LogP contribution >= 0.6 is 0 Å². The minimum atomic E-state index is -0.686. The monoisotopic (exact) mass is 260 g/mol. The largest absolute Gasteiger partial charge is 0.338 e. The maximum Gasteiger partial charge on any atom is 0.153 e. The number of hydrogen-bond acceptors (Lipinski definition) is 3. The van der Waals surface area contributed by atoms with Crippen molar-refractivity contribution in [2.24, 2.45) is 0 Å². The van der Waals surface area contributed by atoms with Gasteiger partial charge in [-0.15, -0.1) is 0 Å². The zero-order chi connectivity index (χ0) is 13.6. The molecular weight excluding hydrogens is 250 g/mol. The van der Waals surface area contributed by atoms with Crippen LogP contribution in [0.4, 0.5) is 8.78 Å². The lowest BCUT2D eigenvalue weighted by Crippen LogP contribution is -1.94. The van der Waals surface area contributed by atoms with Gasteiger partial charge in [0.15, 0.2) is 5.82 Å². The Labute approximate surface area is 107 Å². The Bertz CT molecular complexity index is 780. The highest BCUT2D eigenvalue weighted by atomic mass is 19.1. The normalized spacial score (nSPS) is 11.2. The summed E-state index contributed by atoms with van der Waals surface area (Å²) in [4.78, 5) is 7.06. The van der Waals surface area contributed by atoms with Crippen molar-refractivity contribution in [2.45, 2.75) is 13.8 Å². The Hall–Kier alpha value is -2.37. The molecule has 0 spiro atoms. The van der Waals surface area contributed by atoms with E-state index in [1.165, 1.54) is 6.07 Å². The van der Waals surface area contributed by atoms with E-state index in [2.05, 4.69) is 20.2 Å². The lowest BCUT2D eigenvalue weighted by atomic mass is 10.2. The second-order valence-corrected chi connectivity index (χ2v) is 4.35. The van der Waals surface area contributed by atoms with E-state index in [4.69, 9.17) is 0 Å². The Morgan fingerprint density at radius 3 is 2.63 bits per heavy atom. The first kappa shape index (κ1) is 11.7. The summed E-state index contributed by atoms with van der Waals surface area (Å²) in [6.07, 6.45) is 0. The molecule has 0 bridgehead atoms. The van der Waals surface area contributed by atoms with Crippen LogP contribution in [0, 0.1) is 25.5 Å². The molecule has 3 aromatic rings. The number of halogens is 2. The summed E-state index contributed by atoms with van der Waals surface area (Å²) in [5.41, 5.74) is 2.56. The third kappa shape index (κ3) is 1.95. The standard InChI is InChI=1S/C13H10F2N4/c1-6-3-9(7(2)19-18-6)13-16-11-5-8(14)4-10(15)12(11)17-13/h3-5H,1-2H3,(H,16,17). The maximum absolute atomic E-state index is 13.6. The van der Waals surface area contributed by atoms with E-state index >= 15 is 0 Å². The van der Waals surface area contributed by atoms with Crippen LogP contribution in [0.5, 0.6) is 0 Å². The van der Waals surface area contributed by atoms with E-state index in [0.29, 0.717) is 17.0 Å². The van der Waals surface area contributed by atoms with Crippen molar-refractivity contribution < 1.29 is 8.78 Å². The summed E-state index contributed by atoms with van der Waals surface area (Å²) in [7, 11) is 0. The van der Waals surface area contributed by atoms with Gasteiger partial charge in [0.05, 0.1) is 16.9 Å². The predicted octanol–water partition coefficient (Wildman–Crippen LogP) is 2.91. The van der Waals surface area contributed by atoms with Crippen molar-refractivity contribution in [1.29, 1.82) is 0 Å². The summed E-state index contributed by atoms with van der Waals surface area (Å²) < 4.78 is 26.7. The number of aromatic amines is 1. The van der Waals surface area contributed by atoms with E-state index in [1.54, 1.807) is 19.9 Å². The van der Waals surface area contributed by atoms with E-state index < -0.39 is 11.6 Å². The Kier molecular flexibility index (Phi) is 2.51. The predicted molar refractivity (Wildman–Crippen MR) is 66.5 cm³/mol. The van der Waals surface area contributed by atoms with E-state index in [-0.39, 0.29) is 5.52 Å². The first-order chi connectivity index (χ1) is 9.04. The van der Waals surface area contributed by atoms with Crippen molar-refractivity contribution in [2.75, 3.05) is 0 Å². The molecule has 0 aliphatic carbocycles. The molecule has 96 valence electrons. The van der Waals surface area contributed by atoms with Crippen LogP contribution in [0.2, 0.25) is 0 Å². The fraction of sp³-hybridized carbons (Fsp3) is 0.154. The first-order valence-corrected chi connectivity index (χ1v) is 5.70. The molecule has 0 radical (unpaired) electrons. The molecule has 6 heteroatoms. The molecule has 0 aliphatic rings. The molecule has 0 fully saturated rings. The fourth-order valence-corrected chi connectivity index (χ4v) is 1.96. The van der Waals surface area contributed by atoms with E-state index in [1.807, 2.05) is 0 Å². The van der Waals surface area contributed by atoms with Crippen molar-refractivity contribution in [3.8, 4) is 11.4 Å². The number of nitrogens with zero attached hydrogens (tertiary/aromatic N) is 3. The molecule has 2 heterocycles. The summed E-state index contributed by atoms with van der Waals surface area (Å²) in [6, 6.07) is 3.83. The summed E-state index contributed by atoms with van der Waals surface area (Å²) in [5.74, 6) is -0.871. The molecular formula is C13H10F2N4. The number of rotatable bonds is 1. The SMILES string of the molecule is Cc1cc(-c2nc3c(F)cc(F)cc3[nH]2)c(C)nn1. The molecule has 0 amide bonds. The number of H-pyrrole nitrogens is 1. The number of hydrogen-bond donors (Lipinski definition) is 1. The molecule has 1 aromatic carbocycles. The third-order valence-corrected chi connectivity index (χ3v) is 2.86. The van der Waals surface area contributed by atoms with Crippen molar-refractivity contribution in [3.05, 3.63) is 41.2 Å². The number of imidazole rings is 1. The van der Waals surface area contributed by atoms with Gasteiger partial charge in [0.1, 0.15) is 17.2 Å². The zero-order valence-electron chi connectivity index (χ0n) is 10.3. The molecule has 0 unspecified atom stereocenters. The van der Waals surface area contributed by atoms with Gasteiger partial charge in [-0.1, -0.05) is 0 Å². The Morgan fingerprint density at radius 2 is 1.84 bits per heavy atom. The Balaban J connectivity index is 2.26. The average Bonchev–Trinajstić information content (AvgIpc) is 2.76. The molecule has 2 aromatic heterocycles. The van der Waals surface area contributed by atoms with Crippen LogP contribution in [-0.2, 0) is 0 Å². The molecule has 0 saturated carbocycles. The molecule has 3 rings (SSSR count). The summed E-state index contributed by atoms with van der Waals surface area (Å²) in [6.45, 7) is 3.59. The van der Waals surface area contributed by atoms with E-state index in [9.17, 15) is 8.78 Å². The number of aryl methyl sites for hydroxylation is 2. The molecule has 0 saturated heterocycles. The smallest absolute Gasteiger partial charge is 0.153 e. The first-order valence-electron chi connectivity index (χ1n) is 5.70. The third-order valence-electron chi connectivity index (χ3n) is 2.86. The topological polar surface area (TPSA) is 54.5 Å². The molecule has 0 aliphatic heterocycles. The summed E-state index contributed by atoms with van der Waals surface area (Å²) >= 11 is 0.